The third-order valence-electron chi connectivity index (χ3n) is 2.64. The van der Waals surface area contributed by atoms with Crippen molar-refractivity contribution in [3.8, 4) is 11.5 Å². The minimum absolute atomic E-state index is 0. The fraction of sp³-hybridized carbons (Fsp3) is 0.500. The summed E-state index contributed by atoms with van der Waals surface area (Å²) < 4.78 is 10.5. The molecule has 0 radical (unpaired) electrons. The van der Waals surface area contributed by atoms with Gasteiger partial charge in [-0.3, -0.25) is 0 Å². The lowest BCUT2D eigenvalue weighted by Crippen LogP contribution is -2.21. The van der Waals surface area contributed by atoms with Gasteiger partial charge in [-0.25, -0.2) is 0 Å². The van der Waals surface area contributed by atoms with Crippen LogP contribution in [0.5, 0.6) is 11.5 Å². The number of nitrogen functional groups attached to an aromatic ring is 1. The fourth-order valence-corrected chi connectivity index (χ4v) is 1.57. The first kappa shape index (κ1) is 15.9. The number of benzene rings is 1. The van der Waals surface area contributed by atoms with Crippen molar-refractivity contribution in [3.05, 3.63) is 17.7 Å². The van der Waals surface area contributed by atoms with Gasteiger partial charge in [0.05, 0.1) is 19.9 Å². The third-order valence-corrected chi connectivity index (χ3v) is 2.64. The summed E-state index contributed by atoms with van der Waals surface area (Å²) >= 11 is 0. The van der Waals surface area contributed by atoms with Gasteiger partial charge in [0.25, 0.3) is 0 Å². The highest BCUT2D eigenvalue weighted by Gasteiger charge is 2.11. The van der Waals surface area contributed by atoms with Crippen molar-refractivity contribution < 1.29 is 9.47 Å². The van der Waals surface area contributed by atoms with Crippen LogP contribution >= 0.6 is 12.4 Å². The van der Waals surface area contributed by atoms with Gasteiger partial charge >= 0.3 is 0 Å². The molecule has 0 aliphatic heterocycles. The molecule has 0 aliphatic carbocycles. The molecule has 17 heavy (non-hydrogen) atoms. The molecule has 1 aromatic carbocycles. The zero-order chi connectivity index (χ0) is 12.1. The highest BCUT2D eigenvalue weighted by molar-refractivity contribution is 5.85. The molecule has 0 aliphatic rings. The standard InChI is InChI=1S/C12H20N2O2.ClH/c1-4-9(13)5-8-6-12(16-3)10(14)7-11(8)15-2;/h6-7,9H,4-5,13-14H2,1-3H3;1H. The maximum Gasteiger partial charge on any atom is 0.142 e. The van der Waals surface area contributed by atoms with Crippen molar-refractivity contribution in [3.63, 3.8) is 0 Å². The highest BCUT2D eigenvalue weighted by Crippen LogP contribution is 2.31. The van der Waals surface area contributed by atoms with Crippen molar-refractivity contribution in [1.82, 2.24) is 0 Å². The number of hydrogen-bond acceptors (Lipinski definition) is 4. The Morgan fingerprint density at radius 2 is 1.76 bits per heavy atom. The van der Waals surface area contributed by atoms with Crippen LogP contribution in [0.2, 0.25) is 0 Å². The van der Waals surface area contributed by atoms with Crippen LogP contribution in [0.3, 0.4) is 0 Å². The summed E-state index contributed by atoms with van der Waals surface area (Å²) in [5.74, 6) is 1.43. The van der Waals surface area contributed by atoms with E-state index in [0.717, 1.165) is 24.2 Å². The lowest BCUT2D eigenvalue weighted by Gasteiger charge is -2.15. The normalized spacial score (nSPS) is 11.5. The Labute approximate surface area is 109 Å². The van der Waals surface area contributed by atoms with E-state index in [0.29, 0.717) is 11.4 Å². The molecule has 0 saturated heterocycles. The molecule has 1 rings (SSSR count). The Balaban J connectivity index is 0.00000256. The maximum absolute atomic E-state index is 5.93. The molecule has 0 amide bonds. The molecule has 0 spiro atoms. The molecular weight excluding hydrogens is 240 g/mol. The second kappa shape index (κ2) is 7.25. The summed E-state index contributed by atoms with van der Waals surface area (Å²) in [7, 11) is 3.23. The van der Waals surface area contributed by atoms with E-state index in [-0.39, 0.29) is 18.4 Å². The largest absolute Gasteiger partial charge is 0.496 e. The van der Waals surface area contributed by atoms with E-state index >= 15 is 0 Å². The van der Waals surface area contributed by atoms with E-state index in [1.807, 2.05) is 6.07 Å². The first-order valence-corrected chi connectivity index (χ1v) is 5.38. The molecule has 1 unspecified atom stereocenters. The summed E-state index contributed by atoms with van der Waals surface area (Å²) in [6.07, 6.45) is 1.69. The van der Waals surface area contributed by atoms with Crippen LogP contribution in [0.25, 0.3) is 0 Å². The number of ether oxygens (including phenoxy) is 2. The van der Waals surface area contributed by atoms with E-state index < -0.39 is 0 Å². The monoisotopic (exact) mass is 260 g/mol. The Hall–Kier alpha value is -1.13. The summed E-state index contributed by atoms with van der Waals surface area (Å²) in [6, 6.07) is 3.79. The van der Waals surface area contributed by atoms with Gasteiger partial charge in [0.2, 0.25) is 0 Å². The molecule has 1 atom stereocenters. The lowest BCUT2D eigenvalue weighted by molar-refractivity contribution is 0.398. The molecule has 0 heterocycles. The Bertz CT molecular complexity index is 359. The summed E-state index contributed by atoms with van der Waals surface area (Å²) in [4.78, 5) is 0. The SMILES string of the molecule is CCC(N)Cc1cc(OC)c(N)cc1OC.Cl. The van der Waals surface area contributed by atoms with Crippen LogP contribution < -0.4 is 20.9 Å². The van der Waals surface area contributed by atoms with Gasteiger partial charge in [0.15, 0.2) is 0 Å². The molecule has 1 aromatic rings. The van der Waals surface area contributed by atoms with Crippen LogP contribution in [0.15, 0.2) is 12.1 Å². The number of anilines is 1. The number of methoxy groups -OCH3 is 2. The molecule has 4 N–H and O–H groups in total. The molecular formula is C12H21ClN2O2. The molecule has 0 saturated carbocycles. The quantitative estimate of drug-likeness (QED) is 0.795. The van der Waals surface area contributed by atoms with E-state index in [9.17, 15) is 0 Å². The average Bonchev–Trinajstić information content (AvgIpc) is 2.30. The molecule has 5 heteroatoms. The number of rotatable bonds is 5. The third kappa shape index (κ3) is 3.98. The van der Waals surface area contributed by atoms with Gasteiger partial charge in [-0.1, -0.05) is 6.92 Å². The minimum Gasteiger partial charge on any atom is -0.496 e. The molecule has 0 bridgehead atoms. The van der Waals surface area contributed by atoms with Gasteiger partial charge in [-0.15, -0.1) is 12.4 Å². The van der Waals surface area contributed by atoms with Crippen molar-refractivity contribution >= 4 is 18.1 Å². The van der Waals surface area contributed by atoms with Crippen LogP contribution in [0.1, 0.15) is 18.9 Å². The number of halogens is 1. The van der Waals surface area contributed by atoms with Crippen LogP contribution in [-0.4, -0.2) is 20.3 Å². The van der Waals surface area contributed by atoms with E-state index in [4.69, 9.17) is 20.9 Å². The predicted molar refractivity (Wildman–Crippen MR) is 73.2 cm³/mol. The second-order valence-electron chi connectivity index (χ2n) is 3.78. The topological polar surface area (TPSA) is 70.5 Å². The zero-order valence-corrected chi connectivity index (χ0v) is 11.3. The molecule has 98 valence electrons. The summed E-state index contributed by atoms with van der Waals surface area (Å²) in [6.45, 7) is 2.06. The van der Waals surface area contributed by atoms with Crippen LogP contribution in [0.4, 0.5) is 5.69 Å². The van der Waals surface area contributed by atoms with E-state index in [2.05, 4.69) is 6.92 Å². The second-order valence-corrected chi connectivity index (χ2v) is 3.78. The molecule has 0 fully saturated rings. The van der Waals surface area contributed by atoms with Gasteiger partial charge in [0, 0.05) is 12.1 Å². The van der Waals surface area contributed by atoms with Crippen LogP contribution in [0, 0.1) is 0 Å². The van der Waals surface area contributed by atoms with Crippen molar-refractivity contribution in [2.75, 3.05) is 20.0 Å². The number of nitrogens with two attached hydrogens (primary N) is 2. The average molecular weight is 261 g/mol. The zero-order valence-electron chi connectivity index (χ0n) is 10.5. The predicted octanol–water partition coefficient (Wildman–Crippen LogP) is 1.99. The molecule has 0 aromatic heterocycles. The summed E-state index contributed by atoms with van der Waals surface area (Å²) in [5, 5.41) is 0. The lowest BCUT2D eigenvalue weighted by atomic mass is 10.0. The first-order valence-electron chi connectivity index (χ1n) is 5.38. The highest BCUT2D eigenvalue weighted by atomic mass is 35.5. The van der Waals surface area contributed by atoms with Crippen molar-refractivity contribution in [2.45, 2.75) is 25.8 Å². The van der Waals surface area contributed by atoms with Crippen LogP contribution in [-0.2, 0) is 6.42 Å². The fourth-order valence-electron chi connectivity index (χ4n) is 1.57. The Kier molecular flexibility index (Phi) is 6.76. The van der Waals surface area contributed by atoms with Gasteiger partial charge in [-0.2, -0.15) is 0 Å². The Morgan fingerprint density at radius 1 is 1.18 bits per heavy atom. The first-order chi connectivity index (χ1) is 7.62. The smallest absolute Gasteiger partial charge is 0.142 e. The van der Waals surface area contributed by atoms with Gasteiger partial charge in [-0.05, 0) is 24.5 Å². The minimum atomic E-state index is 0. The Morgan fingerprint density at radius 3 is 2.24 bits per heavy atom. The van der Waals surface area contributed by atoms with Crippen molar-refractivity contribution in [1.29, 1.82) is 0 Å². The van der Waals surface area contributed by atoms with Gasteiger partial charge in [0.1, 0.15) is 11.5 Å². The van der Waals surface area contributed by atoms with Gasteiger partial charge < -0.3 is 20.9 Å². The van der Waals surface area contributed by atoms with E-state index in [1.165, 1.54) is 0 Å². The summed E-state index contributed by atoms with van der Waals surface area (Å²) in [5.41, 5.74) is 13.3. The van der Waals surface area contributed by atoms with Crippen molar-refractivity contribution in [2.24, 2.45) is 5.73 Å². The molecule has 4 nitrogen and oxygen atoms in total. The number of hydrogen-bond donors (Lipinski definition) is 2. The van der Waals surface area contributed by atoms with E-state index in [1.54, 1.807) is 20.3 Å². The maximum atomic E-state index is 5.93.